The van der Waals surface area contributed by atoms with Gasteiger partial charge in [0, 0.05) is 43.1 Å². The van der Waals surface area contributed by atoms with E-state index >= 15 is 0 Å². The van der Waals surface area contributed by atoms with Gasteiger partial charge in [-0.3, -0.25) is 9.59 Å². The number of benzene rings is 2. The van der Waals surface area contributed by atoms with Crippen molar-refractivity contribution in [3.05, 3.63) is 59.7 Å². The highest BCUT2D eigenvalue weighted by atomic mass is 16.2. The molecule has 0 spiro atoms. The second-order valence-electron chi connectivity index (χ2n) is 8.47. The summed E-state index contributed by atoms with van der Waals surface area (Å²) in [6, 6.07) is 14.5. The van der Waals surface area contributed by atoms with Crippen molar-refractivity contribution in [2.24, 2.45) is 5.92 Å². The Morgan fingerprint density at radius 1 is 1.00 bits per heavy atom. The van der Waals surface area contributed by atoms with Crippen molar-refractivity contribution < 1.29 is 9.59 Å². The van der Waals surface area contributed by atoms with Crippen LogP contribution in [0.2, 0.25) is 0 Å². The number of piperazine rings is 1. The van der Waals surface area contributed by atoms with Gasteiger partial charge in [-0.15, -0.1) is 0 Å². The highest BCUT2D eigenvalue weighted by Crippen LogP contribution is 2.24. The molecule has 6 nitrogen and oxygen atoms in total. The van der Waals surface area contributed by atoms with Gasteiger partial charge >= 0.3 is 0 Å². The average Bonchev–Trinajstić information content (AvgIpc) is 2.79. The minimum atomic E-state index is -0.617. The number of carbonyl (C=O) groups excluding carboxylic acids is 2. The fourth-order valence-corrected chi connectivity index (χ4v) is 3.87. The second kappa shape index (κ2) is 10.4. The number of nitrogens with zero attached hydrogens (tertiary/aromatic N) is 2. The number of anilines is 2. The lowest BCUT2D eigenvalue weighted by molar-refractivity contribution is -0.118. The van der Waals surface area contributed by atoms with Gasteiger partial charge < -0.3 is 20.4 Å². The number of nitrogens with one attached hydrogen (secondary N) is 2. The highest BCUT2D eigenvalue weighted by Gasteiger charge is 2.25. The molecular formula is C25H34N4O2. The first-order chi connectivity index (χ1) is 14.9. The zero-order valence-electron chi connectivity index (χ0n) is 19.0. The van der Waals surface area contributed by atoms with Crippen LogP contribution in [0, 0.1) is 12.8 Å². The second-order valence-corrected chi connectivity index (χ2v) is 8.47. The van der Waals surface area contributed by atoms with Crippen molar-refractivity contribution in [1.29, 1.82) is 0 Å². The molecule has 1 heterocycles. The number of likely N-dealkylation sites (N-methyl/N-ethyl adjacent to an activating group) is 1. The molecule has 3 rings (SSSR count). The summed E-state index contributed by atoms with van der Waals surface area (Å²) in [5.41, 5.74) is 3.52. The lowest BCUT2D eigenvalue weighted by atomic mass is 10.0. The van der Waals surface area contributed by atoms with E-state index in [1.165, 1.54) is 5.69 Å². The summed E-state index contributed by atoms with van der Waals surface area (Å²) in [4.78, 5) is 30.4. The molecule has 0 radical (unpaired) electrons. The van der Waals surface area contributed by atoms with Gasteiger partial charge in [0.25, 0.3) is 5.91 Å². The molecule has 0 bridgehead atoms. The normalized spacial score (nSPS) is 15.6. The fourth-order valence-electron chi connectivity index (χ4n) is 3.87. The van der Waals surface area contributed by atoms with Crippen LogP contribution in [0.5, 0.6) is 0 Å². The van der Waals surface area contributed by atoms with E-state index < -0.39 is 6.04 Å². The number of rotatable bonds is 7. The van der Waals surface area contributed by atoms with E-state index in [1.54, 1.807) is 12.1 Å². The van der Waals surface area contributed by atoms with Crippen LogP contribution in [-0.2, 0) is 4.79 Å². The molecule has 6 heteroatoms. The average molecular weight is 423 g/mol. The monoisotopic (exact) mass is 422 g/mol. The van der Waals surface area contributed by atoms with E-state index in [9.17, 15) is 9.59 Å². The van der Waals surface area contributed by atoms with Crippen LogP contribution < -0.4 is 15.5 Å². The van der Waals surface area contributed by atoms with Crippen LogP contribution in [0.25, 0.3) is 0 Å². The Morgan fingerprint density at radius 3 is 2.26 bits per heavy atom. The van der Waals surface area contributed by atoms with Crippen LogP contribution in [-0.4, -0.2) is 55.5 Å². The molecule has 0 saturated carbocycles. The molecule has 1 saturated heterocycles. The predicted molar refractivity (Wildman–Crippen MR) is 127 cm³/mol. The summed E-state index contributed by atoms with van der Waals surface area (Å²) in [7, 11) is 0. The number of carbonyl (C=O) groups is 2. The van der Waals surface area contributed by atoms with Crippen LogP contribution in [0.15, 0.2) is 48.5 Å². The standard InChI is InChI=1S/C25H34N4O2/c1-5-28-13-15-29(16-14-28)21-11-12-22(19(4)17-21)26-25(31)23(18(2)3)27-24(30)20-9-7-6-8-10-20/h6-12,17-18,23H,5,13-16H2,1-4H3,(H,26,31)(H,27,30). The first-order valence-corrected chi connectivity index (χ1v) is 11.1. The highest BCUT2D eigenvalue weighted by molar-refractivity contribution is 6.01. The Balaban J connectivity index is 1.65. The van der Waals surface area contributed by atoms with Gasteiger partial charge in [-0.25, -0.2) is 0 Å². The molecule has 2 aromatic rings. The summed E-state index contributed by atoms with van der Waals surface area (Å²) >= 11 is 0. The zero-order valence-corrected chi connectivity index (χ0v) is 19.0. The van der Waals surface area contributed by atoms with Crippen molar-refractivity contribution in [2.75, 3.05) is 42.9 Å². The summed E-state index contributed by atoms with van der Waals surface area (Å²) in [6.07, 6.45) is 0. The molecule has 0 aromatic heterocycles. The first kappa shape index (κ1) is 22.8. The van der Waals surface area contributed by atoms with Gasteiger partial charge in [0.05, 0.1) is 0 Å². The van der Waals surface area contributed by atoms with Gasteiger partial charge in [0.1, 0.15) is 6.04 Å². The molecule has 1 fully saturated rings. The first-order valence-electron chi connectivity index (χ1n) is 11.1. The maximum absolute atomic E-state index is 13.0. The number of aryl methyl sites for hydroxylation is 1. The van der Waals surface area contributed by atoms with Gasteiger partial charge in [0.2, 0.25) is 5.91 Å². The minimum absolute atomic E-state index is 0.0397. The van der Waals surface area contributed by atoms with Crippen molar-refractivity contribution in [1.82, 2.24) is 10.2 Å². The zero-order chi connectivity index (χ0) is 22.4. The molecule has 0 aliphatic carbocycles. The van der Waals surface area contributed by atoms with Crippen LogP contribution >= 0.6 is 0 Å². The molecule has 31 heavy (non-hydrogen) atoms. The molecule has 1 aliphatic heterocycles. The molecule has 1 atom stereocenters. The molecule has 166 valence electrons. The number of hydrogen-bond acceptors (Lipinski definition) is 4. The van der Waals surface area contributed by atoms with Crippen LogP contribution in [0.1, 0.15) is 36.7 Å². The Morgan fingerprint density at radius 2 is 1.68 bits per heavy atom. The summed E-state index contributed by atoms with van der Waals surface area (Å²) < 4.78 is 0. The van der Waals surface area contributed by atoms with E-state index in [0.717, 1.165) is 44.0 Å². The smallest absolute Gasteiger partial charge is 0.251 e. The fraction of sp³-hybridized carbons (Fsp3) is 0.440. The Kier molecular flexibility index (Phi) is 7.69. The van der Waals surface area contributed by atoms with Crippen molar-refractivity contribution in [3.8, 4) is 0 Å². The van der Waals surface area contributed by atoms with E-state index in [2.05, 4.69) is 39.5 Å². The van der Waals surface area contributed by atoms with Crippen molar-refractivity contribution in [3.63, 3.8) is 0 Å². The molecule has 1 aliphatic rings. The summed E-state index contributed by atoms with van der Waals surface area (Å²) in [6.45, 7) is 13.3. The maximum Gasteiger partial charge on any atom is 0.251 e. The van der Waals surface area contributed by atoms with Crippen LogP contribution in [0.3, 0.4) is 0 Å². The third-order valence-corrected chi connectivity index (χ3v) is 5.92. The quantitative estimate of drug-likeness (QED) is 0.717. The summed E-state index contributed by atoms with van der Waals surface area (Å²) in [5.74, 6) is -0.485. The maximum atomic E-state index is 13.0. The summed E-state index contributed by atoms with van der Waals surface area (Å²) in [5, 5.41) is 5.90. The van der Waals surface area contributed by atoms with E-state index in [4.69, 9.17) is 0 Å². The van der Waals surface area contributed by atoms with E-state index in [0.29, 0.717) is 5.56 Å². The van der Waals surface area contributed by atoms with Crippen LogP contribution in [0.4, 0.5) is 11.4 Å². The lowest BCUT2D eigenvalue weighted by Gasteiger charge is -2.35. The Bertz CT molecular complexity index is 890. The Hall–Kier alpha value is -2.86. The number of hydrogen-bond donors (Lipinski definition) is 2. The van der Waals surface area contributed by atoms with E-state index in [-0.39, 0.29) is 17.7 Å². The largest absolute Gasteiger partial charge is 0.369 e. The topological polar surface area (TPSA) is 64.7 Å². The van der Waals surface area contributed by atoms with Crippen molar-refractivity contribution >= 4 is 23.2 Å². The van der Waals surface area contributed by atoms with E-state index in [1.807, 2.05) is 45.0 Å². The molecule has 2 aromatic carbocycles. The van der Waals surface area contributed by atoms with Gasteiger partial charge in [0.15, 0.2) is 0 Å². The lowest BCUT2D eigenvalue weighted by Crippen LogP contribution is -2.47. The van der Waals surface area contributed by atoms with Gasteiger partial charge in [-0.2, -0.15) is 0 Å². The minimum Gasteiger partial charge on any atom is -0.369 e. The molecule has 2 amide bonds. The van der Waals surface area contributed by atoms with Crippen molar-refractivity contribution in [2.45, 2.75) is 33.7 Å². The molecule has 1 unspecified atom stereocenters. The SMILES string of the molecule is CCN1CCN(c2ccc(NC(=O)C(NC(=O)c3ccccc3)C(C)C)c(C)c2)CC1. The number of amides is 2. The third kappa shape index (κ3) is 5.85. The molecular weight excluding hydrogens is 388 g/mol. The van der Waals surface area contributed by atoms with Gasteiger partial charge in [-0.05, 0) is 55.3 Å². The predicted octanol–water partition coefficient (Wildman–Crippen LogP) is 3.53. The Labute approximate surface area is 185 Å². The van der Waals surface area contributed by atoms with Gasteiger partial charge in [-0.1, -0.05) is 39.0 Å². The molecule has 2 N–H and O–H groups in total. The third-order valence-electron chi connectivity index (χ3n) is 5.92.